The zero-order valence-corrected chi connectivity index (χ0v) is 17.8. The maximum Gasteiger partial charge on any atom is 0.326 e. The molecule has 1 fully saturated rings. The molecule has 0 spiro atoms. The lowest BCUT2D eigenvalue weighted by Crippen LogP contribution is -2.36. The molecule has 0 amide bonds. The fourth-order valence-electron chi connectivity index (χ4n) is 3.86. The number of aliphatic hydroxyl groups excluding tert-OH is 1. The molecule has 0 radical (unpaired) electrons. The maximum absolute atomic E-state index is 15.0. The molecule has 32 heavy (non-hydrogen) atoms. The number of hydrogen-bond donors (Lipinski definition) is 4. The highest BCUT2D eigenvalue weighted by Crippen LogP contribution is 2.31. The highest BCUT2D eigenvalue weighted by Gasteiger charge is 2.21. The predicted octanol–water partition coefficient (Wildman–Crippen LogP) is 3.93. The number of nitrogens with zero attached hydrogens (tertiary/aromatic N) is 4. The Morgan fingerprint density at radius 1 is 1.09 bits per heavy atom. The molecule has 1 aliphatic rings. The van der Waals surface area contributed by atoms with E-state index < -0.39 is 5.82 Å². The fourth-order valence-corrected chi connectivity index (χ4v) is 3.86. The first-order chi connectivity index (χ1) is 15.4. The van der Waals surface area contributed by atoms with Gasteiger partial charge in [0.2, 0.25) is 0 Å². The zero-order chi connectivity index (χ0) is 22.2. The lowest BCUT2D eigenvalue weighted by molar-refractivity contribution is 0.145. The summed E-state index contributed by atoms with van der Waals surface area (Å²) in [4.78, 5) is 14.1. The van der Waals surface area contributed by atoms with E-state index in [0.29, 0.717) is 54.3 Å². The molecule has 3 aromatic heterocycles. The van der Waals surface area contributed by atoms with Crippen LogP contribution in [0.2, 0.25) is 0 Å². The number of H-pyrrole nitrogens is 2. The van der Waals surface area contributed by atoms with E-state index in [1.807, 2.05) is 19.9 Å². The summed E-state index contributed by atoms with van der Waals surface area (Å²) in [6, 6.07) is 8.73. The molecule has 0 aliphatic carbocycles. The van der Waals surface area contributed by atoms with Crippen molar-refractivity contribution in [1.82, 2.24) is 25.1 Å². The van der Waals surface area contributed by atoms with E-state index in [-0.39, 0.29) is 17.9 Å². The summed E-state index contributed by atoms with van der Waals surface area (Å²) in [5.74, 6) is 1.28. The maximum atomic E-state index is 15.0. The summed E-state index contributed by atoms with van der Waals surface area (Å²) >= 11 is 0. The minimum Gasteiger partial charge on any atom is -0.421 e. The Kier molecular flexibility index (Phi) is 5.14. The second-order valence-electron chi connectivity index (χ2n) is 8.07. The molecule has 1 aliphatic heterocycles. The van der Waals surface area contributed by atoms with Gasteiger partial charge in [-0.2, -0.15) is 15.1 Å². The molecule has 9 nitrogen and oxygen atoms in total. The Labute approximate surface area is 183 Å². The van der Waals surface area contributed by atoms with Crippen molar-refractivity contribution in [1.29, 1.82) is 0 Å². The van der Waals surface area contributed by atoms with Crippen molar-refractivity contribution >= 4 is 28.4 Å². The van der Waals surface area contributed by atoms with Crippen LogP contribution in [0.5, 0.6) is 11.8 Å². The largest absolute Gasteiger partial charge is 0.421 e. The normalized spacial score (nSPS) is 14.8. The second kappa shape index (κ2) is 8.12. The lowest BCUT2D eigenvalue weighted by Gasteiger charge is -2.30. The number of aliphatic hydroxyl groups is 1. The average molecular weight is 437 g/mol. The molecule has 4 N–H and O–H groups in total. The van der Waals surface area contributed by atoms with Crippen LogP contribution in [0.1, 0.15) is 24.2 Å². The van der Waals surface area contributed by atoms with Crippen LogP contribution in [0.3, 0.4) is 0 Å². The number of anilines is 3. The molecule has 1 saturated heterocycles. The van der Waals surface area contributed by atoms with Crippen molar-refractivity contribution in [3.05, 3.63) is 47.5 Å². The number of ether oxygens (including phenoxy) is 1. The first-order valence-electron chi connectivity index (χ1n) is 10.5. The summed E-state index contributed by atoms with van der Waals surface area (Å²) in [6.07, 6.45) is 0.998. The standard InChI is InChI=1S/C22H24FN7O2/c1-12-9-15-16(24-12)3-4-17(21(15)23)32-22-26-18(25-19-10-13(2)28-29-19)11-20(27-22)30-7-5-14(31)6-8-30/h3-4,9-11,14,24,31H,5-8H2,1-2H3,(H2,25,26,27,28,29). The molecule has 1 aromatic carbocycles. The van der Waals surface area contributed by atoms with Gasteiger partial charge < -0.3 is 25.0 Å². The van der Waals surface area contributed by atoms with Crippen molar-refractivity contribution < 1.29 is 14.2 Å². The summed E-state index contributed by atoms with van der Waals surface area (Å²) in [6.45, 7) is 5.08. The highest BCUT2D eigenvalue weighted by atomic mass is 19.1. The SMILES string of the molecule is Cc1cc(Nc2cc(N3CCC(O)CC3)nc(Oc3ccc4[nH]c(C)cc4c3F)n2)n[nH]1. The number of aromatic nitrogens is 5. The van der Waals surface area contributed by atoms with Gasteiger partial charge in [0.05, 0.1) is 6.10 Å². The van der Waals surface area contributed by atoms with Gasteiger partial charge in [0.1, 0.15) is 11.6 Å². The van der Waals surface area contributed by atoms with Crippen LogP contribution in [0.15, 0.2) is 30.3 Å². The number of aromatic amines is 2. The molecular formula is C22H24FN7O2. The van der Waals surface area contributed by atoms with Crippen molar-refractivity contribution in [2.45, 2.75) is 32.8 Å². The summed E-state index contributed by atoms with van der Waals surface area (Å²) in [5.41, 5.74) is 2.47. The van der Waals surface area contributed by atoms with E-state index in [0.717, 1.165) is 11.4 Å². The molecule has 0 unspecified atom stereocenters. The van der Waals surface area contributed by atoms with Crippen molar-refractivity contribution in [2.24, 2.45) is 0 Å². The van der Waals surface area contributed by atoms with Crippen molar-refractivity contribution in [3.63, 3.8) is 0 Å². The third-order valence-electron chi connectivity index (χ3n) is 5.48. The minimum atomic E-state index is -0.473. The first kappa shape index (κ1) is 20.3. The highest BCUT2D eigenvalue weighted by molar-refractivity contribution is 5.82. The number of nitrogens with one attached hydrogen (secondary N) is 3. The molecule has 4 heterocycles. The zero-order valence-electron chi connectivity index (χ0n) is 17.8. The van der Waals surface area contributed by atoms with Crippen LogP contribution < -0.4 is 15.0 Å². The molecule has 0 saturated carbocycles. The van der Waals surface area contributed by atoms with E-state index >= 15 is 4.39 Å². The lowest BCUT2D eigenvalue weighted by atomic mass is 10.1. The van der Waals surface area contributed by atoms with Gasteiger partial charge in [0.25, 0.3) is 0 Å². The van der Waals surface area contributed by atoms with Crippen LogP contribution in [-0.4, -0.2) is 49.4 Å². The molecule has 4 aromatic rings. The number of piperidine rings is 1. The van der Waals surface area contributed by atoms with Gasteiger partial charge in [-0.25, -0.2) is 4.39 Å². The smallest absolute Gasteiger partial charge is 0.326 e. The van der Waals surface area contributed by atoms with E-state index in [1.54, 1.807) is 24.3 Å². The van der Waals surface area contributed by atoms with Crippen LogP contribution in [0.25, 0.3) is 10.9 Å². The van der Waals surface area contributed by atoms with Gasteiger partial charge in [0, 0.05) is 47.5 Å². The van der Waals surface area contributed by atoms with Crippen molar-refractivity contribution in [2.75, 3.05) is 23.3 Å². The number of rotatable bonds is 5. The number of fused-ring (bicyclic) bond motifs is 1. The van der Waals surface area contributed by atoms with Crippen LogP contribution >= 0.6 is 0 Å². The van der Waals surface area contributed by atoms with Gasteiger partial charge in [-0.1, -0.05) is 0 Å². The number of benzene rings is 1. The predicted molar refractivity (Wildman–Crippen MR) is 119 cm³/mol. The summed E-state index contributed by atoms with van der Waals surface area (Å²) in [5, 5.41) is 20.5. The van der Waals surface area contributed by atoms with Gasteiger partial charge in [-0.05, 0) is 44.9 Å². The Bertz CT molecular complexity index is 1260. The first-order valence-corrected chi connectivity index (χ1v) is 10.5. The summed E-state index contributed by atoms with van der Waals surface area (Å²) < 4.78 is 20.9. The Balaban J connectivity index is 1.49. The van der Waals surface area contributed by atoms with E-state index in [4.69, 9.17) is 4.74 Å². The third kappa shape index (κ3) is 4.09. The fraction of sp³-hybridized carbons (Fsp3) is 0.318. The molecule has 0 bridgehead atoms. The number of aryl methyl sites for hydroxylation is 2. The molecular weight excluding hydrogens is 413 g/mol. The third-order valence-corrected chi connectivity index (χ3v) is 5.48. The van der Waals surface area contributed by atoms with Crippen LogP contribution in [-0.2, 0) is 0 Å². The average Bonchev–Trinajstić information content (AvgIpc) is 3.35. The molecule has 10 heteroatoms. The van der Waals surface area contributed by atoms with Gasteiger partial charge in [-0.3, -0.25) is 5.10 Å². The quantitative estimate of drug-likeness (QED) is 0.374. The second-order valence-corrected chi connectivity index (χ2v) is 8.07. The van der Waals surface area contributed by atoms with Crippen LogP contribution in [0, 0.1) is 19.7 Å². The van der Waals surface area contributed by atoms with Gasteiger partial charge in [-0.15, -0.1) is 0 Å². The van der Waals surface area contributed by atoms with E-state index in [2.05, 4.69) is 35.4 Å². The molecule has 5 rings (SSSR count). The van der Waals surface area contributed by atoms with E-state index in [1.165, 1.54) is 0 Å². The number of hydrogen-bond acceptors (Lipinski definition) is 7. The molecule has 0 atom stereocenters. The minimum absolute atomic E-state index is 0.0221. The molecule has 166 valence electrons. The Hall–Kier alpha value is -3.66. The van der Waals surface area contributed by atoms with Crippen LogP contribution in [0.4, 0.5) is 21.8 Å². The number of halogens is 1. The van der Waals surface area contributed by atoms with E-state index in [9.17, 15) is 5.11 Å². The Morgan fingerprint density at radius 3 is 2.66 bits per heavy atom. The Morgan fingerprint density at radius 2 is 1.91 bits per heavy atom. The summed E-state index contributed by atoms with van der Waals surface area (Å²) in [7, 11) is 0. The van der Waals surface area contributed by atoms with Gasteiger partial charge in [0.15, 0.2) is 17.4 Å². The van der Waals surface area contributed by atoms with Crippen molar-refractivity contribution in [3.8, 4) is 11.8 Å². The monoisotopic (exact) mass is 437 g/mol. The van der Waals surface area contributed by atoms with Gasteiger partial charge >= 0.3 is 6.01 Å². The topological polar surface area (TPSA) is 115 Å².